The molecule has 0 saturated carbocycles. The lowest BCUT2D eigenvalue weighted by Crippen LogP contribution is -2.32. The van der Waals surface area contributed by atoms with Crippen molar-refractivity contribution in [1.82, 2.24) is 20.3 Å². The summed E-state index contributed by atoms with van der Waals surface area (Å²) in [6.45, 7) is 5.95. The van der Waals surface area contributed by atoms with Crippen LogP contribution in [0.5, 0.6) is 0 Å². The van der Waals surface area contributed by atoms with Crippen LogP contribution in [-0.2, 0) is 0 Å². The SMILES string of the molecule is Cc1cc(C)n(C(CNC(=O)c2cnoc2C)c2ccco2)n1. The second-order valence-electron chi connectivity index (χ2n) is 5.41. The Morgan fingerprint density at radius 1 is 1.39 bits per heavy atom. The molecule has 0 spiro atoms. The van der Waals surface area contributed by atoms with Gasteiger partial charge in [0.15, 0.2) is 0 Å². The Morgan fingerprint density at radius 2 is 2.22 bits per heavy atom. The van der Waals surface area contributed by atoms with Crippen LogP contribution >= 0.6 is 0 Å². The third-order valence-corrected chi connectivity index (χ3v) is 3.66. The summed E-state index contributed by atoms with van der Waals surface area (Å²) in [5, 5.41) is 11.0. The van der Waals surface area contributed by atoms with Crippen LogP contribution in [0, 0.1) is 20.8 Å². The number of aromatic nitrogens is 3. The number of aryl methyl sites for hydroxylation is 3. The van der Waals surface area contributed by atoms with Gasteiger partial charge in [-0.05, 0) is 39.0 Å². The first-order valence-corrected chi connectivity index (χ1v) is 7.32. The Hall–Kier alpha value is -2.83. The van der Waals surface area contributed by atoms with Crippen LogP contribution in [0.3, 0.4) is 0 Å². The van der Waals surface area contributed by atoms with E-state index in [1.807, 2.05) is 36.7 Å². The van der Waals surface area contributed by atoms with E-state index in [0.29, 0.717) is 17.9 Å². The van der Waals surface area contributed by atoms with E-state index in [1.165, 1.54) is 6.20 Å². The topological polar surface area (TPSA) is 86.1 Å². The summed E-state index contributed by atoms with van der Waals surface area (Å²) in [4.78, 5) is 12.3. The van der Waals surface area contributed by atoms with Crippen molar-refractivity contribution in [2.24, 2.45) is 0 Å². The lowest BCUT2D eigenvalue weighted by molar-refractivity contribution is 0.0946. The van der Waals surface area contributed by atoms with Gasteiger partial charge in [-0.25, -0.2) is 0 Å². The van der Waals surface area contributed by atoms with Crippen molar-refractivity contribution in [3.05, 3.63) is 59.1 Å². The first-order chi connectivity index (χ1) is 11.1. The molecule has 3 aromatic heterocycles. The molecule has 7 heteroatoms. The average molecular weight is 314 g/mol. The lowest BCUT2D eigenvalue weighted by Gasteiger charge is -2.17. The number of amides is 1. The van der Waals surface area contributed by atoms with Crippen LogP contribution < -0.4 is 5.32 Å². The monoisotopic (exact) mass is 314 g/mol. The number of carbonyl (C=O) groups excluding carboxylic acids is 1. The minimum Gasteiger partial charge on any atom is -0.467 e. The zero-order valence-electron chi connectivity index (χ0n) is 13.2. The van der Waals surface area contributed by atoms with E-state index in [4.69, 9.17) is 8.94 Å². The van der Waals surface area contributed by atoms with Gasteiger partial charge in [0.05, 0.1) is 18.2 Å². The van der Waals surface area contributed by atoms with Gasteiger partial charge >= 0.3 is 0 Å². The number of nitrogens with zero attached hydrogens (tertiary/aromatic N) is 3. The van der Waals surface area contributed by atoms with E-state index in [2.05, 4.69) is 15.6 Å². The molecule has 0 aliphatic carbocycles. The molecular weight excluding hydrogens is 296 g/mol. The second-order valence-corrected chi connectivity index (χ2v) is 5.41. The molecule has 0 aliphatic rings. The summed E-state index contributed by atoms with van der Waals surface area (Å²) in [5.74, 6) is 0.989. The molecule has 0 bridgehead atoms. The first kappa shape index (κ1) is 15.1. The van der Waals surface area contributed by atoms with Crippen molar-refractivity contribution < 1.29 is 13.7 Å². The van der Waals surface area contributed by atoms with Crippen molar-refractivity contribution in [3.63, 3.8) is 0 Å². The van der Waals surface area contributed by atoms with Crippen molar-refractivity contribution >= 4 is 5.91 Å². The molecule has 120 valence electrons. The molecular formula is C16H18N4O3. The number of hydrogen-bond acceptors (Lipinski definition) is 5. The summed E-state index contributed by atoms with van der Waals surface area (Å²) in [7, 11) is 0. The van der Waals surface area contributed by atoms with Crippen molar-refractivity contribution in [2.45, 2.75) is 26.8 Å². The van der Waals surface area contributed by atoms with E-state index < -0.39 is 0 Å². The smallest absolute Gasteiger partial charge is 0.256 e. The average Bonchev–Trinajstić information content (AvgIpc) is 3.22. The number of hydrogen-bond donors (Lipinski definition) is 1. The fraction of sp³-hybridized carbons (Fsp3) is 0.312. The predicted octanol–water partition coefficient (Wildman–Crippen LogP) is 2.41. The second kappa shape index (κ2) is 6.12. The van der Waals surface area contributed by atoms with E-state index in [-0.39, 0.29) is 11.9 Å². The summed E-state index contributed by atoms with van der Waals surface area (Å²) < 4.78 is 12.3. The summed E-state index contributed by atoms with van der Waals surface area (Å²) in [6.07, 6.45) is 3.02. The van der Waals surface area contributed by atoms with Gasteiger partial charge in [-0.15, -0.1) is 0 Å². The maximum Gasteiger partial charge on any atom is 0.256 e. The van der Waals surface area contributed by atoms with E-state index >= 15 is 0 Å². The van der Waals surface area contributed by atoms with Crippen LogP contribution in [0.25, 0.3) is 0 Å². The fourth-order valence-corrected chi connectivity index (χ4v) is 2.55. The molecule has 1 N–H and O–H groups in total. The summed E-state index contributed by atoms with van der Waals surface area (Å²) in [6, 6.07) is 5.46. The Morgan fingerprint density at radius 3 is 2.78 bits per heavy atom. The van der Waals surface area contributed by atoms with Crippen molar-refractivity contribution in [2.75, 3.05) is 6.54 Å². The molecule has 0 aliphatic heterocycles. The Labute approximate surface area is 133 Å². The quantitative estimate of drug-likeness (QED) is 0.781. The zero-order valence-corrected chi connectivity index (χ0v) is 13.2. The molecule has 1 amide bonds. The molecule has 23 heavy (non-hydrogen) atoms. The van der Waals surface area contributed by atoms with Gasteiger partial charge in [0.1, 0.15) is 23.1 Å². The maximum atomic E-state index is 12.3. The molecule has 3 rings (SSSR count). The molecule has 0 saturated heterocycles. The predicted molar refractivity (Wildman–Crippen MR) is 82.1 cm³/mol. The van der Waals surface area contributed by atoms with Crippen molar-refractivity contribution in [3.8, 4) is 0 Å². The molecule has 3 aromatic rings. The van der Waals surface area contributed by atoms with Gasteiger partial charge in [0.2, 0.25) is 0 Å². The van der Waals surface area contributed by atoms with Crippen LogP contribution in [0.1, 0.15) is 39.3 Å². The van der Waals surface area contributed by atoms with Gasteiger partial charge in [-0.3, -0.25) is 9.48 Å². The summed E-state index contributed by atoms with van der Waals surface area (Å²) in [5.41, 5.74) is 2.34. The molecule has 7 nitrogen and oxygen atoms in total. The van der Waals surface area contributed by atoms with Gasteiger partial charge in [-0.1, -0.05) is 5.16 Å². The van der Waals surface area contributed by atoms with Gasteiger partial charge < -0.3 is 14.3 Å². The zero-order chi connectivity index (χ0) is 16.4. The molecule has 0 radical (unpaired) electrons. The van der Waals surface area contributed by atoms with Gasteiger partial charge in [-0.2, -0.15) is 5.10 Å². The molecule has 1 unspecified atom stereocenters. The van der Waals surface area contributed by atoms with Gasteiger partial charge in [0.25, 0.3) is 5.91 Å². The maximum absolute atomic E-state index is 12.3. The van der Waals surface area contributed by atoms with Crippen LogP contribution in [-0.4, -0.2) is 27.4 Å². The number of carbonyl (C=O) groups is 1. The highest BCUT2D eigenvalue weighted by Gasteiger charge is 2.22. The highest BCUT2D eigenvalue weighted by atomic mass is 16.5. The van der Waals surface area contributed by atoms with Crippen LogP contribution in [0.2, 0.25) is 0 Å². The minimum atomic E-state index is -0.234. The molecule has 3 heterocycles. The lowest BCUT2D eigenvalue weighted by atomic mass is 10.2. The highest BCUT2D eigenvalue weighted by molar-refractivity contribution is 5.94. The third kappa shape index (κ3) is 3.03. The Kier molecular flexibility index (Phi) is 4.01. The number of nitrogens with one attached hydrogen (secondary N) is 1. The van der Waals surface area contributed by atoms with E-state index in [0.717, 1.165) is 17.1 Å². The molecule has 0 fully saturated rings. The largest absolute Gasteiger partial charge is 0.467 e. The van der Waals surface area contributed by atoms with E-state index in [1.54, 1.807) is 13.2 Å². The van der Waals surface area contributed by atoms with E-state index in [9.17, 15) is 4.79 Å². The van der Waals surface area contributed by atoms with Crippen LogP contribution in [0.15, 0.2) is 39.6 Å². The Bertz CT molecular complexity index is 801. The van der Waals surface area contributed by atoms with Crippen molar-refractivity contribution in [1.29, 1.82) is 0 Å². The van der Waals surface area contributed by atoms with Crippen LogP contribution in [0.4, 0.5) is 0 Å². The fourth-order valence-electron chi connectivity index (χ4n) is 2.55. The Balaban J connectivity index is 1.82. The highest BCUT2D eigenvalue weighted by Crippen LogP contribution is 2.20. The third-order valence-electron chi connectivity index (χ3n) is 3.66. The normalized spacial score (nSPS) is 12.3. The number of furan rings is 1. The number of rotatable bonds is 5. The molecule has 1 atom stereocenters. The summed E-state index contributed by atoms with van der Waals surface area (Å²) >= 11 is 0. The van der Waals surface area contributed by atoms with Gasteiger partial charge in [0, 0.05) is 12.2 Å². The first-order valence-electron chi connectivity index (χ1n) is 7.32. The molecule has 0 aromatic carbocycles. The standard InChI is InChI=1S/C16H18N4O3/c1-10-7-11(2)20(19-10)14(15-5-4-6-22-15)9-17-16(21)13-8-18-23-12(13)3/h4-8,14H,9H2,1-3H3,(H,17,21). The minimum absolute atomic E-state index is 0.220.